The van der Waals surface area contributed by atoms with E-state index in [9.17, 15) is 19.5 Å². The third kappa shape index (κ3) is 5.35. The van der Waals surface area contributed by atoms with Crippen LogP contribution in [0.2, 0.25) is 0 Å². The molecule has 0 radical (unpaired) electrons. The fraction of sp³-hybridized carbons (Fsp3) is 0.357. The maximum atomic E-state index is 11.9. The van der Waals surface area contributed by atoms with Crippen LogP contribution in [0.3, 0.4) is 0 Å². The van der Waals surface area contributed by atoms with Crippen molar-refractivity contribution in [2.24, 2.45) is 4.99 Å². The van der Waals surface area contributed by atoms with Crippen molar-refractivity contribution >= 4 is 18.1 Å². The zero-order chi connectivity index (χ0) is 16.4. The van der Waals surface area contributed by atoms with Gasteiger partial charge >= 0.3 is 12.0 Å². The number of carbonyl (C=O) groups excluding carboxylic acids is 3. The Labute approximate surface area is 127 Å². The highest BCUT2D eigenvalue weighted by molar-refractivity contribution is 5.84. The summed E-state index contributed by atoms with van der Waals surface area (Å²) < 4.78 is 4.85. The fourth-order valence-electron chi connectivity index (χ4n) is 1.68. The Hall–Kier alpha value is -2.70. The van der Waals surface area contributed by atoms with Crippen LogP contribution in [0, 0.1) is 0 Å². The molecule has 118 valence electrons. The number of urea groups is 1. The van der Waals surface area contributed by atoms with E-state index in [-0.39, 0.29) is 13.3 Å². The minimum Gasteiger partial charge on any atom is -0.464 e. The maximum Gasteiger partial charge on any atom is 0.331 e. The summed E-state index contributed by atoms with van der Waals surface area (Å²) in [5.41, 5.74) is 0.451. The predicted octanol–water partition coefficient (Wildman–Crippen LogP) is 0.244. The normalized spacial score (nSPS) is 12.5. The highest BCUT2D eigenvalue weighted by atomic mass is 16.5. The lowest BCUT2D eigenvalue weighted by atomic mass is 10.0. The zero-order valence-corrected chi connectivity index (χ0v) is 12.0. The van der Waals surface area contributed by atoms with Gasteiger partial charge in [0.2, 0.25) is 6.08 Å². The van der Waals surface area contributed by atoms with Crippen LogP contribution in [0.1, 0.15) is 18.6 Å². The zero-order valence-electron chi connectivity index (χ0n) is 12.0. The van der Waals surface area contributed by atoms with Crippen LogP contribution in [-0.2, 0) is 14.3 Å². The van der Waals surface area contributed by atoms with Gasteiger partial charge < -0.3 is 20.5 Å². The van der Waals surface area contributed by atoms with E-state index < -0.39 is 24.1 Å². The van der Waals surface area contributed by atoms with Gasteiger partial charge in [-0.1, -0.05) is 30.3 Å². The first kappa shape index (κ1) is 17.4. The molecular formula is C14H17N3O5. The van der Waals surface area contributed by atoms with Crippen molar-refractivity contribution in [3.05, 3.63) is 35.9 Å². The number of amides is 2. The van der Waals surface area contributed by atoms with Crippen molar-refractivity contribution in [2.75, 3.05) is 13.3 Å². The number of aliphatic hydroxyl groups is 1. The molecule has 0 aliphatic carbocycles. The van der Waals surface area contributed by atoms with Crippen molar-refractivity contribution in [3.63, 3.8) is 0 Å². The SMILES string of the molecule is CCOC(=O)C(NC(=O)NCN=C=O)C(O)c1ccccc1. The van der Waals surface area contributed by atoms with Gasteiger partial charge in [-0.05, 0) is 12.5 Å². The molecule has 8 heteroatoms. The molecule has 0 aliphatic rings. The van der Waals surface area contributed by atoms with E-state index in [0.29, 0.717) is 5.56 Å². The van der Waals surface area contributed by atoms with E-state index in [1.165, 1.54) is 6.08 Å². The Kier molecular flexibility index (Phi) is 7.32. The molecule has 2 amide bonds. The number of hydrogen-bond donors (Lipinski definition) is 3. The molecule has 1 aromatic carbocycles. The lowest BCUT2D eigenvalue weighted by Gasteiger charge is -2.22. The number of nitrogens with zero attached hydrogens (tertiary/aromatic N) is 1. The molecule has 0 saturated heterocycles. The van der Waals surface area contributed by atoms with E-state index >= 15 is 0 Å². The number of nitrogens with one attached hydrogen (secondary N) is 2. The van der Waals surface area contributed by atoms with Gasteiger partial charge in [0.05, 0.1) is 6.61 Å². The molecular weight excluding hydrogens is 290 g/mol. The average molecular weight is 307 g/mol. The quantitative estimate of drug-likeness (QED) is 0.379. The Morgan fingerprint density at radius 1 is 1.36 bits per heavy atom. The van der Waals surface area contributed by atoms with Gasteiger partial charge in [-0.3, -0.25) is 0 Å². The van der Waals surface area contributed by atoms with Crippen LogP contribution in [0.5, 0.6) is 0 Å². The molecule has 2 atom stereocenters. The third-order valence-corrected chi connectivity index (χ3v) is 2.67. The summed E-state index contributed by atoms with van der Waals surface area (Å²) in [6.07, 6.45) is -0.0177. The molecule has 8 nitrogen and oxygen atoms in total. The predicted molar refractivity (Wildman–Crippen MR) is 76.5 cm³/mol. The van der Waals surface area contributed by atoms with Crippen molar-refractivity contribution < 1.29 is 24.2 Å². The van der Waals surface area contributed by atoms with E-state index in [1.807, 2.05) is 0 Å². The molecule has 1 aromatic rings. The van der Waals surface area contributed by atoms with Crippen molar-refractivity contribution in [3.8, 4) is 0 Å². The molecule has 0 fully saturated rings. The van der Waals surface area contributed by atoms with Crippen LogP contribution in [0.4, 0.5) is 4.79 Å². The summed E-state index contributed by atoms with van der Waals surface area (Å²) in [6, 6.07) is 6.32. The number of benzene rings is 1. The summed E-state index contributed by atoms with van der Waals surface area (Å²) >= 11 is 0. The number of ether oxygens (including phenoxy) is 1. The van der Waals surface area contributed by atoms with Crippen LogP contribution in [-0.4, -0.2) is 42.5 Å². The van der Waals surface area contributed by atoms with Crippen molar-refractivity contribution in [2.45, 2.75) is 19.1 Å². The second-order valence-electron chi connectivity index (χ2n) is 4.14. The number of isocyanates is 1. The third-order valence-electron chi connectivity index (χ3n) is 2.67. The topological polar surface area (TPSA) is 117 Å². The number of rotatable bonds is 7. The van der Waals surface area contributed by atoms with Crippen LogP contribution < -0.4 is 10.6 Å². The minimum absolute atomic E-state index is 0.107. The van der Waals surface area contributed by atoms with Crippen LogP contribution in [0.15, 0.2) is 35.3 Å². The molecule has 0 spiro atoms. The molecule has 22 heavy (non-hydrogen) atoms. The first-order chi connectivity index (χ1) is 10.6. The molecule has 0 heterocycles. The van der Waals surface area contributed by atoms with E-state index in [0.717, 1.165) is 0 Å². The van der Waals surface area contributed by atoms with Crippen LogP contribution >= 0.6 is 0 Å². The summed E-state index contributed by atoms with van der Waals surface area (Å²) in [4.78, 5) is 36.6. The number of carbonyl (C=O) groups is 2. The van der Waals surface area contributed by atoms with E-state index in [4.69, 9.17) is 4.74 Å². The summed E-state index contributed by atoms with van der Waals surface area (Å²) in [7, 11) is 0. The van der Waals surface area contributed by atoms with Gasteiger partial charge in [0.25, 0.3) is 0 Å². The Bertz CT molecular complexity index is 543. The number of hydrogen-bond acceptors (Lipinski definition) is 6. The lowest BCUT2D eigenvalue weighted by molar-refractivity contribution is -0.148. The Balaban J connectivity index is 2.81. The smallest absolute Gasteiger partial charge is 0.331 e. The maximum absolute atomic E-state index is 11.9. The molecule has 2 unspecified atom stereocenters. The second-order valence-corrected chi connectivity index (χ2v) is 4.14. The van der Waals surface area contributed by atoms with Crippen LogP contribution in [0.25, 0.3) is 0 Å². The van der Waals surface area contributed by atoms with Gasteiger partial charge in [-0.15, -0.1) is 0 Å². The molecule has 3 N–H and O–H groups in total. The van der Waals surface area contributed by atoms with Gasteiger partial charge in [-0.2, -0.15) is 4.99 Å². The minimum atomic E-state index is -1.29. The molecule has 0 saturated carbocycles. The number of aliphatic hydroxyl groups excluding tert-OH is 1. The van der Waals surface area contributed by atoms with Gasteiger partial charge in [0, 0.05) is 0 Å². The number of aliphatic imine (C=N–C) groups is 1. The molecule has 0 bridgehead atoms. The Morgan fingerprint density at radius 2 is 2.05 bits per heavy atom. The first-order valence-corrected chi connectivity index (χ1v) is 6.57. The largest absolute Gasteiger partial charge is 0.464 e. The fourth-order valence-corrected chi connectivity index (χ4v) is 1.68. The number of esters is 1. The lowest BCUT2D eigenvalue weighted by Crippen LogP contribution is -2.49. The van der Waals surface area contributed by atoms with Gasteiger partial charge in [0.1, 0.15) is 12.8 Å². The molecule has 1 rings (SSSR count). The van der Waals surface area contributed by atoms with Gasteiger partial charge in [0.15, 0.2) is 6.04 Å². The Morgan fingerprint density at radius 3 is 2.64 bits per heavy atom. The summed E-state index contributed by atoms with van der Waals surface area (Å²) in [5, 5.41) is 14.8. The molecule has 0 aromatic heterocycles. The summed E-state index contributed by atoms with van der Waals surface area (Å²) in [6.45, 7) is 1.44. The average Bonchev–Trinajstić information content (AvgIpc) is 2.53. The standard InChI is InChI=1S/C14H17N3O5/c1-2-22-13(20)11(17-14(21)16-8-15-9-18)12(19)10-6-4-3-5-7-10/h3-7,11-12,19H,2,8H2,1H3,(H2,16,17,21). The monoisotopic (exact) mass is 307 g/mol. The highest BCUT2D eigenvalue weighted by Crippen LogP contribution is 2.17. The van der Waals surface area contributed by atoms with E-state index in [2.05, 4.69) is 15.6 Å². The first-order valence-electron chi connectivity index (χ1n) is 6.57. The van der Waals surface area contributed by atoms with E-state index in [1.54, 1.807) is 37.3 Å². The van der Waals surface area contributed by atoms with Crippen molar-refractivity contribution in [1.29, 1.82) is 0 Å². The molecule has 0 aliphatic heterocycles. The van der Waals surface area contributed by atoms with Gasteiger partial charge in [-0.25, -0.2) is 14.4 Å². The highest BCUT2D eigenvalue weighted by Gasteiger charge is 2.30. The second kappa shape index (κ2) is 9.28. The van der Waals surface area contributed by atoms with Crippen molar-refractivity contribution in [1.82, 2.24) is 10.6 Å². The summed E-state index contributed by atoms with van der Waals surface area (Å²) in [5.74, 6) is -0.770.